The number of ketones is 1. The van der Waals surface area contributed by atoms with Crippen molar-refractivity contribution in [3.63, 3.8) is 0 Å². The smallest absolute Gasteiger partial charge is 0.271 e. The third-order valence-electron chi connectivity index (χ3n) is 6.11. The summed E-state index contributed by atoms with van der Waals surface area (Å²) in [5.41, 5.74) is -0.271. The molecule has 3 N–H and O–H groups in total. The van der Waals surface area contributed by atoms with Gasteiger partial charge in [0.1, 0.15) is 11.3 Å². The van der Waals surface area contributed by atoms with E-state index in [1.807, 2.05) is 0 Å². The van der Waals surface area contributed by atoms with Gasteiger partial charge in [-0.15, -0.1) is 0 Å². The van der Waals surface area contributed by atoms with Crippen LogP contribution in [0.15, 0.2) is 63.7 Å². The Morgan fingerprint density at radius 1 is 0.971 bits per heavy atom. The number of aryl methyl sites for hydroxylation is 1. The quantitative estimate of drug-likeness (QED) is 0.323. The molecule has 0 unspecified atom stereocenters. The maximum absolute atomic E-state index is 13.3. The first-order valence-electron chi connectivity index (χ1n) is 10.6. The van der Waals surface area contributed by atoms with E-state index in [-0.39, 0.29) is 28.1 Å². The topological polar surface area (TPSA) is 128 Å². The second kappa shape index (κ2) is 7.73. The molecule has 1 aliphatic rings. The largest absolute Gasteiger partial charge is 0.506 e. The molecule has 1 aliphatic heterocycles. The number of likely N-dealkylation sites (N-methyl/N-ethyl adjacent to an activating group) is 1. The highest BCUT2D eigenvalue weighted by molar-refractivity contribution is 6.36. The van der Waals surface area contributed by atoms with Gasteiger partial charge in [-0.1, -0.05) is 24.3 Å². The first-order chi connectivity index (χ1) is 16.3. The van der Waals surface area contributed by atoms with E-state index in [0.717, 1.165) is 0 Å². The number of nitrogens with one attached hydrogen (secondary N) is 2. The Morgan fingerprint density at radius 3 is 2.44 bits per heavy atom. The molecule has 170 valence electrons. The van der Waals surface area contributed by atoms with Crippen molar-refractivity contribution in [2.45, 2.75) is 13.5 Å². The molecule has 9 nitrogen and oxygen atoms in total. The van der Waals surface area contributed by atoms with Gasteiger partial charge in [0.2, 0.25) is 5.78 Å². The second-order valence-electron chi connectivity index (χ2n) is 7.93. The summed E-state index contributed by atoms with van der Waals surface area (Å²) in [6.45, 7) is 2.13. The van der Waals surface area contributed by atoms with Crippen LogP contribution in [0, 0.1) is 0 Å². The number of carbonyl (C=O) groups excluding carboxylic acids is 2. The van der Waals surface area contributed by atoms with Crippen molar-refractivity contribution in [1.29, 1.82) is 0 Å². The number of amides is 1. The summed E-state index contributed by atoms with van der Waals surface area (Å²) >= 11 is 0. The van der Waals surface area contributed by atoms with E-state index in [2.05, 4.69) is 10.2 Å². The number of aromatic amines is 2. The van der Waals surface area contributed by atoms with Gasteiger partial charge in [0.25, 0.3) is 17.0 Å². The molecule has 0 spiro atoms. The molecular weight excluding hydrogens is 436 g/mol. The van der Waals surface area contributed by atoms with Crippen molar-refractivity contribution in [2.24, 2.45) is 0 Å². The number of pyridine rings is 1. The van der Waals surface area contributed by atoms with Gasteiger partial charge in [-0.05, 0) is 37.3 Å². The Morgan fingerprint density at radius 2 is 1.68 bits per heavy atom. The molecule has 1 amide bonds. The number of Topliss-reactive ketones (excluding diaryl/α,β-unsaturated/α-hetero) is 1. The summed E-state index contributed by atoms with van der Waals surface area (Å²) in [6, 6.07) is 13.6. The zero-order valence-corrected chi connectivity index (χ0v) is 18.4. The number of hydrogen-bond donors (Lipinski definition) is 3. The van der Waals surface area contributed by atoms with Gasteiger partial charge in [-0.25, -0.2) is 0 Å². The summed E-state index contributed by atoms with van der Waals surface area (Å²) in [4.78, 5) is 53.5. The fraction of sp³-hybridized carbons (Fsp3) is 0.120. The Balaban J connectivity index is 1.77. The average Bonchev–Trinajstić information content (AvgIpc) is 3.20. The molecule has 4 aromatic rings. The number of fused-ring (bicyclic) bond motifs is 2. The molecule has 2 aromatic carbocycles. The number of nitrogens with zero attached hydrogens (tertiary/aromatic N) is 2. The lowest BCUT2D eigenvalue weighted by molar-refractivity contribution is -0.114. The molecule has 3 heterocycles. The van der Waals surface area contributed by atoms with E-state index in [1.54, 1.807) is 62.5 Å². The number of rotatable bonds is 3. The van der Waals surface area contributed by atoms with Crippen LogP contribution in [0.4, 0.5) is 5.69 Å². The number of aromatic hydroxyl groups is 1. The van der Waals surface area contributed by atoms with Crippen molar-refractivity contribution in [2.75, 3.05) is 11.9 Å². The van der Waals surface area contributed by atoms with Gasteiger partial charge >= 0.3 is 0 Å². The van der Waals surface area contributed by atoms with E-state index in [4.69, 9.17) is 0 Å². The maximum Gasteiger partial charge on any atom is 0.271 e. The van der Waals surface area contributed by atoms with Crippen molar-refractivity contribution < 1.29 is 14.7 Å². The number of H-pyrrole nitrogens is 2. The van der Waals surface area contributed by atoms with Crippen molar-refractivity contribution in [3.05, 3.63) is 85.9 Å². The molecule has 0 fully saturated rings. The molecule has 2 aromatic heterocycles. The molecule has 9 heteroatoms. The molecular formula is C25H20N4O5. The Bertz CT molecular complexity index is 1650. The zero-order valence-electron chi connectivity index (χ0n) is 18.4. The van der Waals surface area contributed by atoms with Crippen molar-refractivity contribution >= 4 is 34.4 Å². The van der Waals surface area contributed by atoms with Crippen LogP contribution in [0.2, 0.25) is 0 Å². The van der Waals surface area contributed by atoms with Crippen LogP contribution in [-0.2, 0) is 11.3 Å². The van der Waals surface area contributed by atoms with E-state index >= 15 is 0 Å². The highest BCUT2D eigenvalue weighted by Gasteiger charge is 2.33. The maximum atomic E-state index is 13.3. The summed E-state index contributed by atoms with van der Waals surface area (Å²) in [6.07, 6.45) is 1.17. The van der Waals surface area contributed by atoms with Crippen LogP contribution in [0.5, 0.6) is 5.75 Å². The lowest BCUT2D eigenvalue weighted by Crippen LogP contribution is -2.36. The van der Waals surface area contributed by atoms with Crippen LogP contribution < -0.4 is 16.0 Å². The molecule has 0 bridgehead atoms. The Kier molecular flexibility index (Phi) is 4.82. The summed E-state index contributed by atoms with van der Waals surface area (Å²) in [5.74, 6) is -1.41. The fourth-order valence-electron chi connectivity index (χ4n) is 4.39. The van der Waals surface area contributed by atoms with Gasteiger partial charge in [0.15, 0.2) is 0 Å². The molecule has 0 saturated heterocycles. The van der Waals surface area contributed by atoms with E-state index in [0.29, 0.717) is 28.7 Å². The number of aromatic nitrogens is 3. The molecule has 5 rings (SSSR count). The molecule has 34 heavy (non-hydrogen) atoms. The lowest BCUT2D eigenvalue weighted by Gasteiger charge is -2.26. The molecule has 0 aliphatic carbocycles. The van der Waals surface area contributed by atoms with Gasteiger partial charge in [0.05, 0.1) is 28.0 Å². The number of para-hydroxylation sites is 2. The van der Waals surface area contributed by atoms with E-state index < -0.39 is 22.8 Å². The van der Waals surface area contributed by atoms with Crippen LogP contribution in [0.3, 0.4) is 0 Å². The third kappa shape index (κ3) is 2.94. The number of benzene rings is 2. The van der Waals surface area contributed by atoms with Crippen LogP contribution in [0.1, 0.15) is 22.8 Å². The zero-order chi connectivity index (χ0) is 24.1. The summed E-state index contributed by atoms with van der Waals surface area (Å²) in [7, 11) is 1.54. The Labute approximate surface area is 192 Å². The minimum Gasteiger partial charge on any atom is -0.506 e. The minimum atomic E-state index is -0.639. The number of hydrogen-bond acceptors (Lipinski definition) is 5. The highest BCUT2D eigenvalue weighted by Crippen LogP contribution is 2.35. The fourth-order valence-corrected chi connectivity index (χ4v) is 4.39. The SMILES string of the molecule is CCn1c(=O)c(-c2[nH][nH]c(=O)c2/C=C2\C(=O)c3ccccc3N(C)C2=O)c(O)c2ccccc21. The summed E-state index contributed by atoms with van der Waals surface area (Å²) < 4.78 is 1.48. The van der Waals surface area contributed by atoms with Crippen LogP contribution >= 0.6 is 0 Å². The standard InChI is InChI=1S/C25H20N4O5/c1-3-29-18-11-7-5-9-14(18)22(31)19(25(29)34)20-15(23(32)27-26-20)12-16-21(30)13-8-4-6-10-17(13)28(2)24(16)33/h4-12,31H,3H2,1-2H3,(H2,26,27,32)/b16-12+. The van der Waals surface area contributed by atoms with E-state index in [1.165, 1.54) is 15.5 Å². The highest BCUT2D eigenvalue weighted by atomic mass is 16.3. The minimum absolute atomic E-state index is 0.00457. The first-order valence-corrected chi connectivity index (χ1v) is 10.6. The van der Waals surface area contributed by atoms with Gasteiger partial charge in [0, 0.05) is 24.5 Å². The number of carbonyl (C=O) groups is 2. The van der Waals surface area contributed by atoms with Crippen molar-refractivity contribution in [1.82, 2.24) is 14.8 Å². The molecule has 0 atom stereocenters. The van der Waals surface area contributed by atoms with Crippen LogP contribution in [0.25, 0.3) is 28.2 Å². The predicted octanol–water partition coefficient (Wildman–Crippen LogP) is 2.65. The normalized spacial score (nSPS) is 14.8. The Hall–Kier alpha value is -4.66. The van der Waals surface area contributed by atoms with E-state index in [9.17, 15) is 24.3 Å². The van der Waals surface area contributed by atoms with Gasteiger partial charge in [-0.2, -0.15) is 0 Å². The molecule has 0 saturated carbocycles. The van der Waals surface area contributed by atoms with Gasteiger partial charge in [-0.3, -0.25) is 29.4 Å². The van der Waals surface area contributed by atoms with Gasteiger partial charge < -0.3 is 14.6 Å². The van der Waals surface area contributed by atoms with Crippen molar-refractivity contribution in [3.8, 4) is 17.0 Å². The number of anilines is 1. The first kappa shape index (κ1) is 21.2. The monoisotopic (exact) mass is 456 g/mol. The lowest BCUT2D eigenvalue weighted by atomic mass is 9.93. The van der Waals surface area contributed by atoms with Crippen LogP contribution in [-0.4, -0.2) is 38.6 Å². The average molecular weight is 456 g/mol. The second-order valence-corrected chi connectivity index (χ2v) is 7.93. The summed E-state index contributed by atoms with van der Waals surface area (Å²) in [5, 5.41) is 16.5. The predicted molar refractivity (Wildman–Crippen MR) is 128 cm³/mol. The molecule has 0 radical (unpaired) electrons. The third-order valence-corrected chi connectivity index (χ3v) is 6.11.